The Labute approximate surface area is 178 Å². The standard InChI is InChI=1S/C23H33N3O4/c1-4-30-22(28)18-15(2)19(21(27)24-3)26(20(18)16-11-7-5-8-12-16)23(29)25-17-13-9-6-10-14-17/h5,7-8,11-12,15,17-20H,4,6,9-10,13-14H2,1-3H3,(H,24,27)(H,25,29). The minimum absolute atomic E-state index is 0.102. The first-order valence-corrected chi connectivity index (χ1v) is 11.0. The van der Waals surface area contributed by atoms with E-state index in [4.69, 9.17) is 4.74 Å². The third-order valence-electron chi connectivity index (χ3n) is 6.39. The van der Waals surface area contributed by atoms with Crippen LogP contribution in [0.25, 0.3) is 0 Å². The van der Waals surface area contributed by atoms with Gasteiger partial charge >= 0.3 is 12.0 Å². The number of carbonyl (C=O) groups excluding carboxylic acids is 3. The first-order chi connectivity index (χ1) is 14.5. The lowest BCUT2D eigenvalue weighted by atomic mass is 9.85. The molecule has 3 rings (SSSR count). The fourth-order valence-corrected chi connectivity index (χ4v) is 4.95. The summed E-state index contributed by atoms with van der Waals surface area (Å²) in [6.45, 7) is 3.87. The van der Waals surface area contributed by atoms with E-state index in [1.807, 2.05) is 37.3 Å². The molecule has 3 amide bonds. The van der Waals surface area contributed by atoms with Gasteiger partial charge in [0.15, 0.2) is 0 Å². The van der Waals surface area contributed by atoms with E-state index in [-0.39, 0.29) is 36.5 Å². The molecule has 1 aromatic rings. The van der Waals surface area contributed by atoms with E-state index in [0.717, 1.165) is 31.2 Å². The minimum Gasteiger partial charge on any atom is -0.466 e. The zero-order valence-corrected chi connectivity index (χ0v) is 18.1. The van der Waals surface area contributed by atoms with Crippen LogP contribution in [0.3, 0.4) is 0 Å². The number of likely N-dealkylation sites (tertiary alicyclic amines) is 1. The molecule has 4 atom stereocenters. The van der Waals surface area contributed by atoms with Crippen molar-refractivity contribution in [2.75, 3.05) is 13.7 Å². The summed E-state index contributed by atoms with van der Waals surface area (Å²) in [7, 11) is 1.56. The van der Waals surface area contributed by atoms with Crippen LogP contribution in [-0.2, 0) is 14.3 Å². The number of esters is 1. The van der Waals surface area contributed by atoms with Crippen LogP contribution < -0.4 is 10.6 Å². The molecule has 1 heterocycles. The third kappa shape index (κ3) is 4.45. The molecule has 7 heteroatoms. The lowest BCUT2D eigenvalue weighted by Crippen LogP contribution is -2.53. The number of urea groups is 1. The molecule has 0 radical (unpaired) electrons. The smallest absolute Gasteiger partial charge is 0.318 e. The highest BCUT2D eigenvalue weighted by atomic mass is 16.5. The molecule has 1 saturated heterocycles. The maximum absolute atomic E-state index is 13.5. The van der Waals surface area contributed by atoms with Crippen LogP contribution >= 0.6 is 0 Å². The summed E-state index contributed by atoms with van der Waals surface area (Å²) in [4.78, 5) is 40.9. The van der Waals surface area contributed by atoms with Gasteiger partial charge in [0.1, 0.15) is 6.04 Å². The van der Waals surface area contributed by atoms with Gasteiger partial charge in [0, 0.05) is 19.0 Å². The summed E-state index contributed by atoms with van der Waals surface area (Å²) in [5, 5.41) is 5.81. The van der Waals surface area contributed by atoms with Gasteiger partial charge in [-0.2, -0.15) is 0 Å². The van der Waals surface area contributed by atoms with E-state index in [9.17, 15) is 14.4 Å². The number of nitrogens with one attached hydrogen (secondary N) is 2. The summed E-state index contributed by atoms with van der Waals surface area (Å²) < 4.78 is 5.36. The van der Waals surface area contributed by atoms with Gasteiger partial charge in [-0.1, -0.05) is 56.5 Å². The lowest BCUT2D eigenvalue weighted by molar-refractivity contribution is -0.150. The van der Waals surface area contributed by atoms with Crippen LogP contribution in [-0.4, -0.2) is 48.5 Å². The van der Waals surface area contributed by atoms with Crippen molar-refractivity contribution in [2.45, 2.75) is 64.1 Å². The Bertz CT molecular complexity index is 748. The van der Waals surface area contributed by atoms with Crippen molar-refractivity contribution < 1.29 is 19.1 Å². The lowest BCUT2D eigenvalue weighted by Gasteiger charge is -2.33. The van der Waals surface area contributed by atoms with E-state index in [2.05, 4.69) is 10.6 Å². The topological polar surface area (TPSA) is 87.7 Å². The molecule has 30 heavy (non-hydrogen) atoms. The number of ether oxygens (including phenoxy) is 1. The zero-order valence-electron chi connectivity index (χ0n) is 18.1. The van der Waals surface area contributed by atoms with Crippen molar-refractivity contribution in [1.82, 2.24) is 15.5 Å². The van der Waals surface area contributed by atoms with Crippen LogP contribution in [0, 0.1) is 11.8 Å². The minimum atomic E-state index is -0.752. The van der Waals surface area contributed by atoms with E-state index in [0.29, 0.717) is 0 Å². The van der Waals surface area contributed by atoms with Crippen LogP contribution in [0.2, 0.25) is 0 Å². The fraction of sp³-hybridized carbons (Fsp3) is 0.609. The summed E-state index contributed by atoms with van der Waals surface area (Å²) >= 11 is 0. The molecule has 2 aliphatic rings. The molecule has 1 saturated carbocycles. The largest absolute Gasteiger partial charge is 0.466 e. The number of rotatable bonds is 5. The SMILES string of the molecule is CCOC(=O)C1C(C)C(C(=O)NC)N(C(=O)NC2CCCCC2)C1c1ccccc1. The average Bonchev–Trinajstić information content (AvgIpc) is 3.08. The van der Waals surface area contributed by atoms with Crippen molar-refractivity contribution in [3.05, 3.63) is 35.9 Å². The number of nitrogens with zero attached hydrogens (tertiary/aromatic N) is 1. The van der Waals surface area contributed by atoms with Gasteiger partial charge in [-0.05, 0) is 25.3 Å². The third-order valence-corrected chi connectivity index (χ3v) is 6.39. The predicted molar refractivity (Wildman–Crippen MR) is 114 cm³/mol. The van der Waals surface area contributed by atoms with Crippen molar-refractivity contribution in [2.24, 2.45) is 11.8 Å². The van der Waals surface area contributed by atoms with E-state index < -0.39 is 18.0 Å². The zero-order chi connectivity index (χ0) is 21.7. The van der Waals surface area contributed by atoms with Gasteiger partial charge in [-0.25, -0.2) is 4.79 Å². The second kappa shape index (κ2) is 9.96. The number of hydrogen-bond acceptors (Lipinski definition) is 4. The second-order valence-electron chi connectivity index (χ2n) is 8.24. The van der Waals surface area contributed by atoms with Crippen LogP contribution in [0.4, 0.5) is 4.79 Å². The molecular formula is C23H33N3O4. The molecule has 0 spiro atoms. The molecular weight excluding hydrogens is 382 g/mol. The number of benzene rings is 1. The van der Waals surface area contributed by atoms with Crippen molar-refractivity contribution in [3.63, 3.8) is 0 Å². The maximum atomic E-state index is 13.5. The van der Waals surface area contributed by atoms with Crippen molar-refractivity contribution in [1.29, 1.82) is 0 Å². The number of carbonyl (C=O) groups is 3. The summed E-state index contributed by atoms with van der Waals surface area (Å²) in [6, 6.07) is 7.95. The highest BCUT2D eigenvalue weighted by Gasteiger charge is 2.55. The first kappa shape index (κ1) is 22.1. The van der Waals surface area contributed by atoms with Gasteiger partial charge in [-0.3, -0.25) is 9.59 Å². The van der Waals surface area contributed by atoms with E-state index in [1.165, 1.54) is 6.42 Å². The van der Waals surface area contributed by atoms with Gasteiger partial charge in [-0.15, -0.1) is 0 Å². The van der Waals surface area contributed by atoms with E-state index in [1.54, 1.807) is 18.9 Å². The Balaban J connectivity index is 2.00. The Morgan fingerprint density at radius 1 is 1.10 bits per heavy atom. The van der Waals surface area contributed by atoms with Crippen LogP contribution in [0.5, 0.6) is 0 Å². The summed E-state index contributed by atoms with van der Waals surface area (Å²) in [5.41, 5.74) is 0.826. The Hall–Kier alpha value is -2.57. The molecule has 1 aliphatic carbocycles. The predicted octanol–water partition coefficient (Wildman–Crippen LogP) is 3.02. The Morgan fingerprint density at radius 3 is 2.37 bits per heavy atom. The first-order valence-electron chi connectivity index (χ1n) is 11.0. The molecule has 1 aliphatic heterocycles. The molecule has 2 N–H and O–H groups in total. The number of likely N-dealkylation sites (N-methyl/N-ethyl adjacent to an activating group) is 1. The highest BCUT2D eigenvalue weighted by molar-refractivity contribution is 5.90. The molecule has 1 aromatic carbocycles. The van der Waals surface area contributed by atoms with Crippen LogP contribution in [0.15, 0.2) is 30.3 Å². The van der Waals surface area contributed by atoms with Crippen LogP contribution in [0.1, 0.15) is 57.6 Å². The average molecular weight is 416 g/mol. The van der Waals surface area contributed by atoms with Gasteiger partial charge < -0.3 is 20.3 Å². The van der Waals surface area contributed by atoms with E-state index >= 15 is 0 Å². The molecule has 164 valence electrons. The van der Waals surface area contributed by atoms with Gasteiger partial charge in [0.2, 0.25) is 5.91 Å². The molecule has 2 fully saturated rings. The normalized spacial score (nSPS) is 26.8. The number of hydrogen-bond donors (Lipinski definition) is 2. The highest BCUT2D eigenvalue weighted by Crippen LogP contribution is 2.45. The molecule has 0 bridgehead atoms. The quantitative estimate of drug-likeness (QED) is 0.724. The van der Waals surface area contributed by atoms with Gasteiger partial charge in [0.05, 0.1) is 18.6 Å². The summed E-state index contributed by atoms with van der Waals surface area (Å²) in [5.74, 6) is -1.65. The molecule has 7 nitrogen and oxygen atoms in total. The Kier molecular flexibility index (Phi) is 7.34. The number of amides is 3. The second-order valence-corrected chi connectivity index (χ2v) is 8.24. The van der Waals surface area contributed by atoms with Crippen molar-refractivity contribution in [3.8, 4) is 0 Å². The molecule has 4 unspecified atom stereocenters. The van der Waals surface area contributed by atoms with Crippen molar-refractivity contribution >= 4 is 17.9 Å². The maximum Gasteiger partial charge on any atom is 0.318 e. The Morgan fingerprint density at radius 2 is 1.77 bits per heavy atom. The summed E-state index contributed by atoms with van der Waals surface area (Å²) in [6.07, 6.45) is 5.25. The molecule has 0 aromatic heterocycles. The van der Waals surface area contributed by atoms with Gasteiger partial charge in [0.25, 0.3) is 0 Å². The monoisotopic (exact) mass is 415 g/mol. The fourth-order valence-electron chi connectivity index (χ4n) is 4.95.